The van der Waals surface area contributed by atoms with Crippen LogP contribution in [0.5, 0.6) is 0 Å². The van der Waals surface area contributed by atoms with Crippen LogP contribution in [0.2, 0.25) is 5.02 Å². The average molecular weight is 316 g/mol. The molecule has 3 rings (SSSR count). The molecule has 1 aliphatic rings. The van der Waals surface area contributed by atoms with Gasteiger partial charge in [0.1, 0.15) is 11.3 Å². The first kappa shape index (κ1) is 13.5. The smallest absolute Gasteiger partial charge is 0.160 e. The van der Waals surface area contributed by atoms with Gasteiger partial charge in [-0.1, -0.05) is 11.6 Å². The first-order valence-corrected chi connectivity index (χ1v) is 8.35. The van der Waals surface area contributed by atoms with Crippen LogP contribution in [0.15, 0.2) is 12.3 Å². The van der Waals surface area contributed by atoms with Crippen LogP contribution < -0.4 is 0 Å². The Labute approximate surface area is 126 Å². The fourth-order valence-corrected chi connectivity index (χ4v) is 4.06. The normalized spacial score (nSPS) is 21.1. The molecule has 2 aromatic rings. The predicted molar refractivity (Wildman–Crippen MR) is 82.2 cm³/mol. The van der Waals surface area contributed by atoms with E-state index >= 15 is 0 Å². The van der Waals surface area contributed by atoms with Gasteiger partial charge in [0.2, 0.25) is 0 Å². The molecule has 1 saturated heterocycles. The van der Waals surface area contributed by atoms with Gasteiger partial charge in [0.15, 0.2) is 5.65 Å². The summed E-state index contributed by atoms with van der Waals surface area (Å²) in [5.41, 5.74) is 1.73. The highest BCUT2D eigenvalue weighted by Gasteiger charge is 2.22. The van der Waals surface area contributed by atoms with Crippen LogP contribution in [0.4, 0.5) is 0 Å². The van der Waals surface area contributed by atoms with Crippen molar-refractivity contribution in [3.63, 3.8) is 0 Å². The second kappa shape index (κ2) is 5.51. The number of hydrogen-bond donors (Lipinski definition) is 0. The maximum Gasteiger partial charge on any atom is 0.160 e. The fraction of sp³-hybridized carbons (Fsp3) is 0.538. The molecular formula is C13H15Cl2N3S. The lowest BCUT2D eigenvalue weighted by Crippen LogP contribution is -2.13. The Balaban J connectivity index is 2.05. The van der Waals surface area contributed by atoms with E-state index in [-0.39, 0.29) is 5.38 Å². The minimum Gasteiger partial charge on any atom is -0.311 e. The molecule has 2 unspecified atom stereocenters. The monoisotopic (exact) mass is 315 g/mol. The largest absolute Gasteiger partial charge is 0.311 e. The minimum absolute atomic E-state index is 0.123. The SMILES string of the molecule is CC(Cl)c1nc2cc(Cl)cnc2n1CC1CCSC1. The van der Waals surface area contributed by atoms with Crippen LogP contribution in [0, 0.1) is 5.92 Å². The van der Waals surface area contributed by atoms with Crippen LogP contribution in [0.1, 0.15) is 24.5 Å². The van der Waals surface area contributed by atoms with E-state index in [0.717, 1.165) is 23.5 Å². The number of thioether (sulfide) groups is 1. The van der Waals surface area contributed by atoms with Gasteiger partial charge in [-0.2, -0.15) is 11.8 Å². The third kappa shape index (κ3) is 2.71. The summed E-state index contributed by atoms with van der Waals surface area (Å²) < 4.78 is 2.17. The molecule has 2 atom stereocenters. The molecule has 0 saturated carbocycles. The number of fused-ring (bicyclic) bond motifs is 1. The molecule has 2 aromatic heterocycles. The lowest BCUT2D eigenvalue weighted by molar-refractivity contribution is 0.486. The Morgan fingerprint density at radius 1 is 1.58 bits per heavy atom. The van der Waals surface area contributed by atoms with Crippen molar-refractivity contribution in [2.24, 2.45) is 5.92 Å². The standard InChI is InChI=1S/C13H15Cl2N3S/c1-8(14)12-17-11-4-10(15)5-16-13(11)18(12)6-9-2-3-19-7-9/h4-5,8-9H,2-3,6-7H2,1H3. The maximum atomic E-state index is 6.26. The van der Waals surface area contributed by atoms with E-state index < -0.39 is 0 Å². The van der Waals surface area contributed by atoms with E-state index in [4.69, 9.17) is 23.2 Å². The summed E-state index contributed by atoms with van der Waals surface area (Å²) in [7, 11) is 0. The summed E-state index contributed by atoms with van der Waals surface area (Å²) in [6.45, 7) is 2.90. The zero-order chi connectivity index (χ0) is 13.4. The third-order valence-corrected chi connectivity index (χ3v) is 5.04. The molecule has 102 valence electrons. The molecule has 0 aliphatic carbocycles. The van der Waals surface area contributed by atoms with Gasteiger partial charge in [-0.15, -0.1) is 11.6 Å². The topological polar surface area (TPSA) is 30.7 Å². The number of hydrogen-bond acceptors (Lipinski definition) is 3. The Kier molecular flexibility index (Phi) is 3.92. The number of rotatable bonds is 3. The average Bonchev–Trinajstić information content (AvgIpc) is 2.97. The fourth-order valence-electron chi connectivity index (χ4n) is 2.47. The first-order valence-electron chi connectivity index (χ1n) is 6.38. The van der Waals surface area contributed by atoms with Crippen molar-refractivity contribution in [3.05, 3.63) is 23.1 Å². The van der Waals surface area contributed by atoms with Crippen LogP contribution in [-0.2, 0) is 6.54 Å². The van der Waals surface area contributed by atoms with Crippen molar-refractivity contribution in [3.8, 4) is 0 Å². The zero-order valence-electron chi connectivity index (χ0n) is 10.6. The third-order valence-electron chi connectivity index (χ3n) is 3.40. The number of alkyl halides is 1. The lowest BCUT2D eigenvalue weighted by Gasteiger charge is -2.14. The Morgan fingerprint density at radius 3 is 3.11 bits per heavy atom. The summed E-state index contributed by atoms with van der Waals surface area (Å²) >= 11 is 14.3. The van der Waals surface area contributed by atoms with Gasteiger partial charge < -0.3 is 4.57 Å². The van der Waals surface area contributed by atoms with Crippen LogP contribution >= 0.6 is 35.0 Å². The molecule has 0 aromatic carbocycles. The molecule has 6 heteroatoms. The molecule has 3 heterocycles. The van der Waals surface area contributed by atoms with Gasteiger partial charge in [0, 0.05) is 12.7 Å². The number of nitrogens with zero attached hydrogens (tertiary/aromatic N) is 3. The van der Waals surface area contributed by atoms with Crippen molar-refractivity contribution in [1.29, 1.82) is 0 Å². The number of halogens is 2. The van der Waals surface area contributed by atoms with Crippen LogP contribution in [-0.4, -0.2) is 26.0 Å². The summed E-state index contributed by atoms with van der Waals surface area (Å²) in [5, 5.41) is 0.490. The van der Waals surface area contributed by atoms with E-state index in [9.17, 15) is 0 Å². The lowest BCUT2D eigenvalue weighted by atomic mass is 10.1. The highest BCUT2D eigenvalue weighted by atomic mass is 35.5. The molecule has 1 aliphatic heterocycles. The molecule has 0 amide bonds. The summed E-state index contributed by atoms with van der Waals surface area (Å²) in [4.78, 5) is 9.02. The second-order valence-electron chi connectivity index (χ2n) is 4.92. The highest BCUT2D eigenvalue weighted by molar-refractivity contribution is 7.99. The van der Waals surface area contributed by atoms with E-state index in [0.29, 0.717) is 10.9 Å². The molecule has 0 bridgehead atoms. The van der Waals surface area contributed by atoms with Gasteiger partial charge in [0.05, 0.1) is 10.4 Å². The molecule has 0 radical (unpaired) electrons. The molecule has 3 nitrogen and oxygen atoms in total. The Morgan fingerprint density at radius 2 is 2.42 bits per heavy atom. The van der Waals surface area contributed by atoms with Gasteiger partial charge >= 0.3 is 0 Å². The minimum atomic E-state index is -0.123. The molecular weight excluding hydrogens is 301 g/mol. The van der Waals surface area contributed by atoms with Gasteiger partial charge in [-0.05, 0) is 36.8 Å². The van der Waals surface area contributed by atoms with Crippen molar-refractivity contribution in [2.45, 2.75) is 25.3 Å². The molecule has 19 heavy (non-hydrogen) atoms. The summed E-state index contributed by atoms with van der Waals surface area (Å²) in [6, 6.07) is 1.85. The molecule has 0 N–H and O–H groups in total. The summed E-state index contributed by atoms with van der Waals surface area (Å²) in [5.74, 6) is 4.04. The van der Waals surface area contributed by atoms with Gasteiger partial charge in [-0.3, -0.25) is 0 Å². The predicted octanol–water partition coefficient (Wildman–Crippen LogP) is 4.14. The molecule has 1 fully saturated rings. The Hall–Kier alpha value is -0.450. The van der Waals surface area contributed by atoms with E-state index in [1.807, 2.05) is 24.8 Å². The zero-order valence-corrected chi connectivity index (χ0v) is 13.0. The van der Waals surface area contributed by atoms with Crippen LogP contribution in [0.25, 0.3) is 11.2 Å². The van der Waals surface area contributed by atoms with Gasteiger partial charge in [0.25, 0.3) is 0 Å². The summed E-state index contributed by atoms with van der Waals surface area (Å²) in [6.07, 6.45) is 2.93. The number of imidazole rings is 1. The van der Waals surface area contributed by atoms with Gasteiger partial charge in [-0.25, -0.2) is 9.97 Å². The van der Waals surface area contributed by atoms with Crippen molar-refractivity contribution < 1.29 is 0 Å². The van der Waals surface area contributed by atoms with E-state index in [2.05, 4.69) is 14.5 Å². The van der Waals surface area contributed by atoms with Crippen LogP contribution in [0.3, 0.4) is 0 Å². The second-order valence-corrected chi connectivity index (χ2v) is 7.16. The number of pyridine rings is 1. The maximum absolute atomic E-state index is 6.26. The van der Waals surface area contributed by atoms with Crippen molar-refractivity contribution in [1.82, 2.24) is 14.5 Å². The quantitative estimate of drug-likeness (QED) is 0.798. The number of aromatic nitrogens is 3. The van der Waals surface area contributed by atoms with E-state index in [1.54, 1.807) is 6.20 Å². The first-order chi connectivity index (χ1) is 9.15. The molecule has 0 spiro atoms. The van der Waals surface area contributed by atoms with Crippen molar-refractivity contribution >= 4 is 46.1 Å². The Bertz CT molecular complexity index is 591. The highest BCUT2D eigenvalue weighted by Crippen LogP contribution is 2.30. The van der Waals surface area contributed by atoms with Crippen molar-refractivity contribution in [2.75, 3.05) is 11.5 Å². The van der Waals surface area contributed by atoms with E-state index in [1.165, 1.54) is 17.9 Å².